The molecule has 1 saturated heterocycles. The zero-order valence-corrected chi connectivity index (χ0v) is 18.2. The molecular weight excluding hydrogens is 382 g/mol. The topological polar surface area (TPSA) is 73.1 Å². The van der Waals surface area contributed by atoms with Crippen molar-refractivity contribution in [2.24, 2.45) is 12.0 Å². The van der Waals surface area contributed by atoms with Crippen molar-refractivity contribution in [3.63, 3.8) is 0 Å². The van der Waals surface area contributed by atoms with E-state index in [1.54, 1.807) is 4.68 Å². The van der Waals surface area contributed by atoms with E-state index >= 15 is 0 Å². The fraction of sp³-hybridized carbons (Fsp3) is 0.545. The van der Waals surface area contributed by atoms with E-state index in [0.29, 0.717) is 19.8 Å². The van der Waals surface area contributed by atoms with Gasteiger partial charge in [0.25, 0.3) is 0 Å². The Balaban J connectivity index is 1.41. The van der Waals surface area contributed by atoms with Crippen molar-refractivity contribution in [2.75, 3.05) is 46.5 Å². The van der Waals surface area contributed by atoms with Crippen LogP contribution in [0, 0.1) is 0 Å². The lowest BCUT2D eigenvalue weighted by molar-refractivity contribution is -0.00808. The normalized spacial score (nSPS) is 19.7. The molecule has 2 aliphatic rings. The van der Waals surface area contributed by atoms with Crippen molar-refractivity contribution < 1.29 is 14.2 Å². The molecule has 1 aromatic carbocycles. The van der Waals surface area contributed by atoms with Crippen molar-refractivity contribution in [2.45, 2.75) is 25.4 Å². The van der Waals surface area contributed by atoms with Crippen LogP contribution in [0.1, 0.15) is 31.1 Å². The molecule has 3 heterocycles. The second-order valence-corrected chi connectivity index (χ2v) is 8.40. The van der Waals surface area contributed by atoms with Gasteiger partial charge in [-0.25, -0.2) is 0 Å². The van der Waals surface area contributed by atoms with Gasteiger partial charge in [0.05, 0.1) is 19.3 Å². The number of ether oxygens (including phenoxy) is 3. The number of morpholine rings is 1. The number of nitrogens with one attached hydrogen (secondary N) is 1. The molecule has 2 aliphatic heterocycles. The molecule has 8 heteroatoms. The highest BCUT2D eigenvalue weighted by atomic mass is 16.6. The summed E-state index contributed by atoms with van der Waals surface area (Å²) in [5.41, 5.74) is 2.18. The molecule has 0 amide bonds. The summed E-state index contributed by atoms with van der Waals surface area (Å²) in [4.78, 5) is 6.77. The van der Waals surface area contributed by atoms with Crippen LogP contribution in [0.5, 0.6) is 11.5 Å². The summed E-state index contributed by atoms with van der Waals surface area (Å²) in [5, 5.41) is 7.83. The number of aromatic nitrogens is 2. The molecule has 2 aromatic rings. The largest absolute Gasteiger partial charge is 0.486 e. The third-order valence-corrected chi connectivity index (χ3v) is 5.69. The fourth-order valence-electron chi connectivity index (χ4n) is 3.85. The van der Waals surface area contributed by atoms with Crippen molar-refractivity contribution in [1.29, 1.82) is 0 Å². The van der Waals surface area contributed by atoms with Crippen molar-refractivity contribution in [3.8, 4) is 11.5 Å². The number of hydrogen-bond donors (Lipinski definition) is 1. The van der Waals surface area contributed by atoms with Gasteiger partial charge in [0.15, 0.2) is 17.5 Å². The maximum Gasteiger partial charge on any atom is 0.193 e. The minimum Gasteiger partial charge on any atom is -0.486 e. The van der Waals surface area contributed by atoms with Gasteiger partial charge in [0, 0.05) is 44.4 Å². The number of fused-ring (bicyclic) bond motifs is 1. The molecule has 0 bridgehead atoms. The Bertz CT molecular complexity index is 908. The fourth-order valence-corrected chi connectivity index (χ4v) is 3.85. The van der Waals surface area contributed by atoms with Gasteiger partial charge in [-0.05, 0) is 17.7 Å². The summed E-state index contributed by atoms with van der Waals surface area (Å²) in [6.07, 6.45) is 3.88. The Hall–Kier alpha value is -2.74. The molecule has 1 fully saturated rings. The van der Waals surface area contributed by atoms with E-state index in [4.69, 9.17) is 14.2 Å². The van der Waals surface area contributed by atoms with Crippen molar-refractivity contribution >= 4 is 5.96 Å². The van der Waals surface area contributed by atoms with Gasteiger partial charge in [-0.1, -0.05) is 19.9 Å². The molecule has 1 aromatic heterocycles. The highest BCUT2D eigenvalue weighted by Gasteiger charge is 2.28. The molecule has 1 atom stereocenters. The molecule has 0 saturated carbocycles. The van der Waals surface area contributed by atoms with Crippen molar-refractivity contribution in [1.82, 2.24) is 20.0 Å². The van der Waals surface area contributed by atoms with Crippen LogP contribution >= 0.6 is 0 Å². The van der Waals surface area contributed by atoms with E-state index in [9.17, 15) is 0 Å². The standard InChI is InChI=1S/C22H31N5O3/c1-22(2,17-5-6-18-19(11-17)30-10-9-29-18)15-24-21(23-3)27-7-8-28-20(14-27)16-12-25-26(4)13-16/h5-6,11-13,20H,7-10,14-15H2,1-4H3,(H,23,24). The maximum absolute atomic E-state index is 5.97. The second kappa shape index (κ2) is 8.55. The van der Waals surface area contributed by atoms with E-state index in [1.807, 2.05) is 32.6 Å². The number of guanidine groups is 1. The Labute approximate surface area is 177 Å². The molecule has 1 N–H and O–H groups in total. The molecule has 0 radical (unpaired) electrons. The molecular formula is C22H31N5O3. The second-order valence-electron chi connectivity index (χ2n) is 8.40. The molecule has 162 valence electrons. The van der Waals surface area contributed by atoms with E-state index in [0.717, 1.165) is 42.7 Å². The first kappa shape index (κ1) is 20.5. The van der Waals surface area contributed by atoms with Gasteiger partial charge >= 0.3 is 0 Å². The van der Waals surface area contributed by atoms with E-state index in [-0.39, 0.29) is 11.5 Å². The van der Waals surface area contributed by atoms with Gasteiger partial charge in [0.1, 0.15) is 19.3 Å². The third kappa shape index (κ3) is 4.38. The molecule has 0 aliphatic carbocycles. The number of rotatable bonds is 4. The molecule has 0 spiro atoms. The van der Waals surface area contributed by atoms with Crippen LogP contribution in [0.15, 0.2) is 35.6 Å². The van der Waals surface area contributed by atoms with Gasteiger partial charge in [-0.2, -0.15) is 5.10 Å². The lowest BCUT2D eigenvalue weighted by Crippen LogP contribution is -2.50. The predicted molar refractivity (Wildman–Crippen MR) is 115 cm³/mol. The first-order chi connectivity index (χ1) is 14.5. The van der Waals surface area contributed by atoms with E-state index in [1.165, 1.54) is 5.56 Å². The van der Waals surface area contributed by atoms with Crippen LogP contribution in [0.4, 0.5) is 0 Å². The highest BCUT2D eigenvalue weighted by molar-refractivity contribution is 5.80. The minimum atomic E-state index is -0.110. The minimum absolute atomic E-state index is 0.00296. The van der Waals surface area contributed by atoms with Crippen LogP contribution in [0.25, 0.3) is 0 Å². The molecule has 30 heavy (non-hydrogen) atoms. The number of aliphatic imine (C=N–C) groups is 1. The molecule has 8 nitrogen and oxygen atoms in total. The quantitative estimate of drug-likeness (QED) is 0.612. The van der Waals surface area contributed by atoms with Crippen molar-refractivity contribution in [3.05, 3.63) is 41.7 Å². The smallest absolute Gasteiger partial charge is 0.193 e. The number of benzene rings is 1. The lowest BCUT2D eigenvalue weighted by Gasteiger charge is -2.36. The first-order valence-corrected chi connectivity index (χ1v) is 10.4. The number of hydrogen-bond acceptors (Lipinski definition) is 5. The highest BCUT2D eigenvalue weighted by Crippen LogP contribution is 2.35. The summed E-state index contributed by atoms with van der Waals surface area (Å²) in [7, 11) is 3.75. The maximum atomic E-state index is 5.97. The average molecular weight is 414 g/mol. The summed E-state index contributed by atoms with van der Waals surface area (Å²) < 4.78 is 19.2. The Morgan fingerprint density at radius 3 is 2.77 bits per heavy atom. The third-order valence-electron chi connectivity index (χ3n) is 5.69. The van der Waals surface area contributed by atoms with Gasteiger partial charge in [0.2, 0.25) is 0 Å². The predicted octanol–water partition coefficient (Wildman–Crippen LogP) is 2.12. The Morgan fingerprint density at radius 1 is 1.23 bits per heavy atom. The summed E-state index contributed by atoms with van der Waals surface area (Å²) in [6, 6.07) is 6.21. The monoisotopic (exact) mass is 413 g/mol. The van der Waals surface area contributed by atoms with Gasteiger partial charge in [-0.15, -0.1) is 0 Å². The summed E-state index contributed by atoms with van der Waals surface area (Å²) in [6.45, 7) is 8.59. The zero-order valence-electron chi connectivity index (χ0n) is 18.2. The summed E-state index contributed by atoms with van der Waals surface area (Å²) >= 11 is 0. The van der Waals surface area contributed by atoms with Crippen LogP contribution in [-0.4, -0.2) is 67.1 Å². The van der Waals surface area contributed by atoms with Crippen LogP contribution in [0.3, 0.4) is 0 Å². The number of aryl methyl sites for hydroxylation is 1. The average Bonchev–Trinajstić information content (AvgIpc) is 3.20. The van der Waals surface area contributed by atoms with Crippen LogP contribution < -0.4 is 14.8 Å². The lowest BCUT2D eigenvalue weighted by atomic mass is 9.84. The first-order valence-electron chi connectivity index (χ1n) is 10.4. The van der Waals surface area contributed by atoms with E-state index < -0.39 is 0 Å². The SMILES string of the molecule is CN=C(NCC(C)(C)c1ccc2c(c1)OCCO2)N1CCOC(c2cnn(C)c2)C1. The Kier molecular flexibility index (Phi) is 5.85. The molecule has 4 rings (SSSR count). The summed E-state index contributed by atoms with van der Waals surface area (Å²) in [5.74, 6) is 2.53. The Morgan fingerprint density at radius 2 is 2.03 bits per heavy atom. The van der Waals surface area contributed by atoms with Gasteiger partial charge in [-0.3, -0.25) is 9.67 Å². The number of nitrogens with zero attached hydrogens (tertiary/aromatic N) is 4. The van der Waals surface area contributed by atoms with Gasteiger partial charge < -0.3 is 24.4 Å². The van der Waals surface area contributed by atoms with E-state index in [2.05, 4.69) is 46.3 Å². The zero-order chi connectivity index (χ0) is 21.1. The van der Waals surface area contributed by atoms with Crippen LogP contribution in [0.2, 0.25) is 0 Å². The molecule has 1 unspecified atom stereocenters. The van der Waals surface area contributed by atoms with Crippen LogP contribution in [-0.2, 0) is 17.2 Å².